The Morgan fingerprint density at radius 2 is 2.00 bits per heavy atom. The van der Waals surface area contributed by atoms with Gasteiger partial charge in [-0.25, -0.2) is 13.4 Å². The SMILES string of the molecule is C[C@H]1CN(C(=O)c2cnc(C3CCNCC3)[nH]2)CCN1S(C)(=O)=O. The topological polar surface area (TPSA) is 98.4 Å². The third-order valence-corrected chi connectivity index (χ3v) is 6.23. The number of aromatic nitrogens is 2. The molecule has 2 aliphatic heterocycles. The van der Waals surface area contributed by atoms with Crippen LogP contribution in [0, 0.1) is 0 Å². The van der Waals surface area contributed by atoms with Gasteiger partial charge in [-0.3, -0.25) is 4.79 Å². The van der Waals surface area contributed by atoms with E-state index in [2.05, 4.69) is 15.3 Å². The second kappa shape index (κ2) is 6.81. The zero-order valence-electron chi connectivity index (χ0n) is 14.2. The summed E-state index contributed by atoms with van der Waals surface area (Å²) < 4.78 is 24.9. The molecule has 1 amide bonds. The molecule has 9 heteroatoms. The Hall–Kier alpha value is -1.45. The number of amides is 1. The summed E-state index contributed by atoms with van der Waals surface area (Å²) in [6.45, 7) is 4.90. The minimum Gasteiger partial charge on any atom is -0.338 e. The highest BCUT2D eigenvalue weighted by molar-refractivity contribution is 7.88. The van der Waals surface area contributed by atoms with E-state index in [1.54, 1.807) is 11.1 Å². The van der Waals surface area contributed by atoms with Gasteiger partial charge in [-0.05, 0) is 32.9 Å². The molecule has 24 heavy (non-hydrogen) atoms. The molecule has 134 valence electrons. The Labute approximate surface area is 142 Å². The third-order valence-electron chi connectivity index (χ3n) is 4.83. The van der Waals surface area contributed by atoms with Crippen molar-refractivity contribution in [2.75, 3.05) is 39.0 Å². The van der Waals surface area contributed by atoms with Gasteiger partial charge < -0.3 is 15.2 Å². The number of rotatable bonds is 3. The van der Waals surface area contributed by atoms with Gasteiger partial charge in [0.05, 0.1) is 12.5 Å². The average Bonchev–Trinajstić information content (AvgIpc) is 3.03. The van der Waals surface area contributed by atoms with Gasteiger partial charge in [0.25, 0.3) is 5.91 Å². The normalized spacial score (nSPS) is 24.2. The van der Waals surface area contributed by atoms with E-state index in [4.69, 9.17) is 0 Å². The van der Waals surface area contributed by atoms with Crippen molar-refractivity contribution in [2.45, 2.75) is 31.7 Å². The first-order valence-corrected chi connectivity index (χ1v) is 10.2. The van der Waals surface area contributed by atoms with Gasteiger partial charge in [0.1, 0.15) is 11.5 Å². The second-order valence-corrected chi connectivity index (χ2v) is 8.62. The molecule has 0 aromatic carbocycles. The van der Waals surface area contributed by atoms with Gasteiger partial charge in [0.2, 0.25) is 10.0 Å². The van der Waals surface area contributed by atoms with Crippen LogP contribution in [0.25, 0.3) is 0 Å². The lowest BCUT2D eigenvalue weighted by Crippen LogP contribution is -2.55. The van der Waals surface area contributed by atoms with Crippen LogP contribution in [-0.2, 0) is 10.0 Å². The maximum Gasteiger partial charge on any atom is 0.272 e. The minimum absolute atomic E-state index is 0.109. The van der Waals surface area contributed by atoms with E-state index in [0.29, 0.717) is 31.2 Å². The van der Waals surface area contributed by atoms with Crippen molar-refractivity contribution in [3.8, 4) is 0 Å². The first-order chi connectivity index (χ1) is 11.4. The van der Waals surface area contributed by atoms with Crippen molar-refractivity contribution < 1.29 is 13.2 Å². The predicted octanol–water partition coefficient (Wildman–Crippen LogP) is -0.0174. The standard InChI is InChI=1S/C15H25N5O3S/c1-11-10-19(7-8-20(11)24(2,22)23)15(21)13-9-17-14(18-13)12-3-5-16-6-4-12/h9,11-12,16H,3-8,10H2,1-2H3,(H,17,18)/t11-/m0/s1. The molecule has 3 rings (SSSR count). The maximum absolute atomic E-state index is 12.7. The van der Waals surface area contributed by atoms with Crippen molar-refractivity contribution in [2.24, 2.45) is 0 Å². The van der Waals surface area contributed by atoms with Crippen LogP contribution in [0.2, 0.25) is 0 Å². The van der Waals surface area contributed by atoms with E-state index in [9.17, 15) is 13.2 Å². The fourth-order valence-electron chi connectivity index (χ4n) is 3.54. The molecule has 0 radical (unpaired) electrons. The van der Waals surface area contributed by atoms with Gasteiger partial charge in [0, 0.05) is 31.6 Å². The zero-order chi connectivity index (χ0) is 17.3. The fourth-order valence-corrected chi connectivity index (χ4v) is 4.67. The molecular formula is C15H25N5O3S. The third kappa shape index (κ3) is 3.62. The summed E-state index contributed by atoms with van der Waals surface area (Å²) in [6.07, 6.45) is 4.85. The van der Waals surface area contributed by atoms with Crippen LogP contribution in [0.1, 0.15) is 42.0 Å². The summed E-state index contributed by atoms with van der Waals surface area (Å²) in [4.78, 5) is 21.9. The number of sulfonamides is 1. The lowest BCUT2D eigenvalue weighted by molar-refractivity contribution is 0.0637. The molecule has 1 atom stereocenters. The second-order valence-electron chi connectivity index (χ2n) is 6.68. The van der Waals surface area contributed by atoms with Gasteiger partial charge in [-0.2, -0.15) is 4.31 Å². The molecule has 0 aliphatic carbocycles. The van der Waals surface area contributed by atoms with Crippen LogP contribution in [0.3, 0.4) is 0 Å². The van der Waals surface area contributed by atoms with Crippen LogP contribution in [0.15, 0.2) is 6.20 Å². The molecule has 0 spiro atoms. The number of hydrogen-bond donors (Lipinski definition) is 2. The number of nitrogens with zero attached hydrogens (tertiary/aromatic N) is 3. The first-order valence-electron chi connectivity index (χ1n) is 8.38. The molecule has 3 heterocycles. The van der Waals surface area contributed by atoms with Crippen molar-refractivity contribution in [3.05, 3.63) is 17.7 Å². The van der Waals surface area contributed by atoms with Crippen molar-refractivity contribution in [1.82, 2.24) is 24.5 Å². The summed E-state index contributed by atoms with van der Waals surface area (Å²) in [5, 5.41) is 3.32. The Kier molecular flexibility index (Phi) is 4.93. The average molecular weight is 355 g/mol. The molecular weight excluding hydrogens is 330 g/mol. The lowest BCUT2D eigenvalue weighted by Gasteiger charge is -2.38. The highest BCUT2D eigenvalue weighted by atomic mass is 32.2. The summed E-state index contributed by atoms with van der Waals surface area (Å²) in [5.74, 6) is 1.14. The van der Waals surface area contributed by atoms with Gasteiger partial charge in [-0.1, -0.05) is 0 Å². The molecule has 0 unspecified atom stereocenters. The number of carbonyl (C=O) groups excluding carboxylic acids is 1. The van der Waals surface area contributed by atoms with E-state index >= 15 is 0 Å². The first kappa shape index (κ1) is 17.4. The minimum atomic E-state index is -3.23. The highest BCUT2D eigenvalue weighted by Gasteiger charge is 2.32. The van der Waals surface area contributed by atoms with Crippen LogP contribution in [0.4, 0.5) is 0 Å². The van der Waals surface area contributed by atoms with E-state index in [-0.39, 0.29) is 11.9 Å². The number of H-pyrrole nitrogens is 1. The summed E-state index contributed by atoms with van der Waals surface area (Å²) in [6, 6.07) is -0.218. The Bertz CT molecular complexity index is 696. The maximum atomic E-state index is 12.7. The van der Waals surface area contributed by atoms with Crippen molar-refractivity contribution in [1.29, 1.82) is 0 Å². The number of nitrogens with one attached hydrogen (secondary N) is 2. The predicted molar refractivity (Wildman–Crippen MR) is 90.3 cm³/mol. The molecule has 1 aromatic rings. The fraction of sp³-hybridized carbons (Fsp3) is 0.733. The zero-order valence-corrected chi connectivity index (χ0v) is 15.0. The number of hydrogen-bond acceptors (Lipinski definition) is 5. The summed E-state index contributed by atoms with van der Waals surface area (Å²) in [7, 11) is -3.23. The largest absolute Gasteiger partial charge is 0.338 e. The molecule has 2 aliphatic rings. The van der Waals surface area contributed by atoms with Crippen LogP contribution >= 0.6 is 0 Å². The van der Waals surface area contributed by atoms with E-state index in [1.807, 2.05) is 6.92 Å². The smallest absolute Gasteiger partial charge is 0.272 e. The van der Waals surface area contributed by atoms with Crippen molar-refractivity contribution >= 4 is 15.9 Å². The molecule has 2 saturated heterocycles. The van der Waals surface area contributed by atoms with E-state index in [0.717, 1.165) is 31.8 Å². The Morgan fingerprint density at radius 3 is 2.62 bits per heavy atom. The molecule has 2 fully saturated rings. The quantitative estimate of drug-likeness (QED) is 0.794. The number of piperidine rings is 1. The highest BCUT2D eigenvalue weighted by Crippen LogP contribution is 2.23. The number of aromatic amines is 1. The van der Waals surface area contributed by atoms with Crippen molar-refractivity contribution in [3.63, 3.8) is 0 Å². The lowest BCUT2D eigenvalue weighted by atomic mass is 9.98. The van der Waals surface area contributed by atoms with E-state index < -0.39 is 10.0 Å². The molecule has 2 N–H and O–H groups in total. The number of imidazole rings is 1. The van der Waals surface area contributed by atoms with Gasteiger partial charge in [0.15, 0.2) is 0 Å². The molecule has 0 saturated carbocycles. The summed E-state index contributed by atoms with van der Waals surface area (Å²) in [5.41, 5.74) is 0.489. The van der Waals surface area contributed by atoms with Crippen LogP contribution < -0.4 is 5.32 Å². The molecule has 8 nitrogen and oxygen atoms in total. The van der Waals surface area contributed by atoms with E-state index in [1.165, 1.54) is 10.6 Å². The summed E-state index contributed by atoms with van der Waals surface area (Å²) >= 11 is 0. The Balaban J connectivity index is 1.66. The molecule has 1 aromatic heterocycles. The van der Waals surface area contributed by atoms with Crippen LogP contribution in [0.5, 0.6) is 0 Å². The van der Waals surface area contributed by atoms with Gasteiger partial charge in [-0.15, -0.1) is 0 Å². The molecule has 0 bridgehead atoms. The number of carbonyl (C=O) groups is 1. The monoisotopic (exact) mass is 355 g/mol. The Morgan fingerprint density at radius 1 is 1.29 bits per heavy atom. The number of piperazine rings is 1. The van der Waals surface area contributed by atoms with Crippen LogP contribution in [-0.4, -0.2) is 78.5 Å². The van der Waals surface area contributed by atoms with Gasteiger partial charge >= 0.3 is 0 Å².